The maximum absolute atomic E-state index is 11.0. The predicted molar refractivity (Wildman–Crippen MR) is 114 cm³/mol. The minimum Gasteiger partial charge on any atom is -0.550 e. The second-order valence-corrected chi connectivity index (χ2v) is 9.83. The van der Waals surface area contributed by atoms with E-state index in [9.17, 15) is 9.90 Å². The highest BCUT2D eigenvalue weighted by atomic mass is 16.5. The number of carbonyl (C=O) groups is 1. The number of carboxylic acid groups (broad SMARTS) is 1. The molecule has 5 nitrogen and oxygen atoms in total. The van der Waals surface area contributed by atoms with Gasteiger partial charge in [0, 0.05) is 36.2 Å². The van der Waals surface area contributed by atoms with Crippen molar-refractivity contribution in [2.45, 2.75) is 45.6 Å². The van der Waals surface area contributed by atoms with Crippen LogP contribution < -0.4 is 20.1 Å². The van der Waals surface area contributed by atoms with Crippen molar-refractivity contribution in [2.75, 3.05) is 29.9 Å². The molecule has 5 heteroatoms. The first kappa shape index (κ1) is 19.6. The zero-order valence-corrected chi connectivity index (χ0v) is 17.8. The molecule has 0 saturated carbocycles. The second kappa shape index (κ2) is 6.68. The van der Waals surface area contributed by atoms with Gasteiger partial charge < -0.3 is 24.9 Å². The van der Waals surface area contributed by atoms with Gasteiger partial charge in [0.2, 0.25) is 0 Å². The number of ether oxygens (including phenoxy) is 1. The van der Waals surface area contributed by atoms with E-state index < -0.39 is 5.97 Å². The van der Waals surface area contributed by atoms with E-state index >= 15 is 0 Å². The molecular formula is C24H29N2O3-. The molecule has 0 atom stereocenters. The average molecular weight is 394 g/mol. The fourth-order valence-electron chi connectivity index (χ4n) is 3.88. The number of benzene rings is 2. The summed E-state index contributed by atoms with van der Waals surface area (Å²) in [6.45, 7) is 12.5. The fraction of sp³-hybridized carbons (Fsp3) is 0.458. The number of hydrogen-bond donors (Lipinski definition) is 1. The van der Waals surface area contributed by atoms with Crippen LogP contribution >= 0.6 is 0 Å². The number of nitrogens with one attached hydrogen (secondary N) is 1. The lowest BCUT2D eigenvalue weighted by Gasteiger charge is -2.41. The highest BCUT2D eigenvalue weighted by molar-refractivity contribution is 5.85. The maximum atomic E-state index is 11.0. The molecule has 1 saturated heterocycles. The van der Waals surface area contributed by atoms with Crippen molar-refractivity contribution < 1.29 is 14.6 Å². The van der Waals surface area contributed by atoms with Crippen molar-refractivity contribution >= 4 is 17.3 Å². The number of rotatable bonds is 3. The standard InChI is InChI=1S/C24H30N2O3/c1-23(2,3)17-10-19(21-20(11-17)29-24(4,5)14-25-21)15-7-6-8-18(9-15)26-12-16(13-26)22(27)28/h6-11,16,25H,12-14H2,1-5H3,(H,27,28)/p-1. The van der Waals surface area contributed by atoms with Crippen LogP contribution in [0.3, 0.4) is 0 Å². The minimum atomic E-state index is -0.965. The first-order chi connectivity index (χ1) is 13.5. The Kier molecular flexibility index (Phi) is 4.52. The van der Waals surface area contributed by atoms with E-state index in [0.29, 0.717) is 13.1 Å². The Labute approximate surface area is 172 Å². The van der Waals surface area contributed by atoms with Crippen LogP contribution in [0.1, 0.15) is 40.2 Å². The monoisotopic (exact) mass is 393 g/mol. The number of carboxylic acids is 1. The third kappa shape index (κ3) is 3.78. The summed E-state index contributed by atoms with van der Waals surface area (Å²) in [4.78, 5) is 13.1. The molecule has 29 heavy (non-hydrogen) atoms. The first-order valence-electron chi connectivity index (χ1n) is 10.2. The lowest BCUT2D eigenvalue weighted by molar-refractivity contribution is -0.312. The molecule has 0 bridgehead atoms. The van der Waals surface area contributed by atoms with E-state index in [2.05, 4.69) is 69.1 Å². The van der Waals surface area contributed by atoms with E-state index in [1.165, 1.54) is 5.56 Å². The Hall–Kier alpha value is -2.69. The third-order valence-electron chi connectivity index (χ3n) is 5.78. The van der Waals surface area contributed by atoms with Crippen LogP contribution in [0.4, 0.5) is 11.4 Å². The third-order valence-corrected chi connectivity index (χ3v) is 5.78. The summed E-state index contributed by atoms with van der Waals surface area (Å²) < 4.78 is 6.32. The lowest BCUT2D eigenvalue weighted by Crippen LogP contribution is -2.54. The molecule has 2 heterocycles. The molecule has 1 fully saturated rings. The number of aliphatic carboxylic acids is 1. The number of fused-ring (bicyclic) bond motifs is 1. The van der Waals surface area contributed by atoms with Crippen molar-refractivity contribution in [3.05, 3.63) is 42.0 Å². The summed E-state index contributed by atoms with van der Waals surface area (Å²) in [5.41, 5.74) is 5.21. The van der Waals surface area contributed by atoms with Gasteiger partial charge in [0.15, 0.2) is 0 Å². The molecule has 1 N–H and O–H groups in total. The summed E-state index contributed by atoms with van der Waals surface area (Å²) in [6.07, 6.45) is 0. The SMILES string of the molecule is CC1(C)CNc2c(cc(C(C)(C)C)cc2-c2cccc(N3CC(C(=O)[O-])C3)c2)O1. The largest absolute Gasteiger partial charge is 0.550 e. The number of nitrogens with zero attached hydrogens (tertiary/aromatic N) is 1. The van der Waals surface area contributed by atoms with Crippen LogP contribution in [0.25, 0.3) is 11.1 Å². The summed E-state index contributed by atoms with van der Waals surface area (Å²) in [7, 11) is 0. The van der Waals surface area contributed by atoms with E-state index in [1.54, 1.807) is 0 Å². The maximum Gasteiger partial charge on any atom is 0.144 e. The van der Waals surface area contributed by atoms with E-state index in [-0.39, 0.29) is 16.9 Å². The molecule has 0 spiro atoms. The average Bonchev–Trinajstić information content (AvgIpc) is 2.57. The van der Waals surface area contributed by atoms with Crippen LogP contribution in [0, 0.1) is 5.92 Å². The van der Waals surface area contributed by atoms with Gasteiger partial charge in [0.25, 0.3) is 0 Å². The number of carbonyl (C=O) groups excluding carboxylic acids is 1. The summed E-state index contributed by atoms with van der Waals surface area (Å²) in [5, 5.41) is 14.6. The van der Waals surface area contributed by atoms with E-state index in [4.69, 9.17) is 4.74 Å². The summed E-state index contributed by atoms with van der Waals surface area (Å²) >= 11 is 0. The molecule has 0 unspecified atom stereocenters. The van der Waals surface area contributed by atoms with Crippen LogP contribution in [-0.2, 0) is 10.2 Å². The predicted octanol–water partition coefficient (Wildman–Crippen LogP) is 3.42. The Morgan fingerprint density at radius 2 is 1.93 bits per heavy atom. The topological polar surface area (TPSA) is 64.6 Å². The summed E-state index contributed by atoms with van der Waals surface area (Å²) in [5.74, 6) is -0.462. The van der Waals surface area contributed by atoms with Gasteiger partial charge in [-0.2, -0.15) is 0 Å². The molecule has 154 valence electrons. The number of hydrogen-bond acceptors (Lipinski definition) is 5. The zero-order valence-electron chi connectivity index (χ0n) is 17.8. The van der Waals surface area contributed by atoms with Crippen LogP contribution in [0.15, 0.2) is 36.4 Å². The van der Waals surface area contributed by atoms with E-state index in [1.807, 2.05) is 12.1 Å². The lowest BCUT2D eigenvalue weighted by atomic mass is 9.84. The molecule has 0 aliphatic carbocycles. The van der Waals surface area contributed by atoms with Crippen molar-refractivity contribution in [1.29, 1.82) is 0 Å². The molecule has 0 aromatic heterocycles. The molecule has 0 radical (unpaired) electrons. The van der Waals surface area contributed by atoms with Gasteiger partial charge in [0.1, 0.15) is 11.4 Å². The van der Waals surface area contributed by atoms with Crippen LogP contribution in [-0.4, -0.2) is 31.2 Å². The molecule has 2 aromatic carbocycles. The van der Waals surface area contributed by atoms with Gasteiger partial charge in [-0.15, -0.1) is 0 Å². The smallest absolute Gasteiger partial charge is 0.144 e. The molecule has 4 rings (SSSR count). The van der Waals surface area contributed by atoms with Gasteiger partial charge in [-0.3, -0.25) is 0 Å². The summed E-state index contributed by atoms with van der Waals surface area (Å²) in [6, 6.07) is 12.7. The highest BCUT2D eigenvalue weighted by Crippen LogP contribution is 2.44. The zero-order chi connectivity index (χ0) is 21.0. The molecular weight excluding hydrogens is 364 g/mol. The Morgan fingerprint density at radius 3 is 2.59 bits per heavy atom. The fourth-order valence-corrected chi connectivity index (χ4v) is 3.88. The van der Waals surface area contributed by atoms with Gasteiger partial charge in [-0.05, 0) is 54.7 Å². The van der Waals surface area contributed by atoms with Crippen LogP contribution in [0.5, 0.6) is 5.75 Å². The van der Waals surface area contributed by atoms with Crippen molar-refractivity contribution in [1.82, 2.24) is 0 Å². The number of anilines is 2. The Morgan fingerprint density at radius 1 is 1.21 bits per heavy atom. The van der Waals surface area contributed by atoms with Crippen molar-refractivity contribution in [3.63, 3.8) is 0 Å². The molecule has 2 aliphatic heterocycles. The molecule has 0 amide bonds. The van der Waals surface area contributed by atoms with E-state index in [0.717, 1.165) is 34.8 Å². The van der Waals surface area contributed by atoms with Gasteiger partial charge in [-0.1, -0.05) is 32.9 Å². The van der Waals surface area contributed by atoms with Gasteiger partial charge >= 0.3 is 0 Å². The molecule has 2 aliphatic rings. The minimum absolute atomic E-state index is 0.00841. The van der Waals surface area contributed by atoms with Crippen molar-refractivity contribution in [3.8, 4) is 16.9 Å². The Balaban J connectivity index is 1.75. The second-order valence-electron chi connectivity index (χ2n) is 9.83. The molecule has 2 aromatic rings. The van der Waals surface area contributed by atoms with Gasteiger partial charge in [-0.25, -0.2) is 0 Å². The van der Waals surface area contributed by atoms with Gasteiger partial charge in [0.05, 0.1) is 12.2 Å². The van der Waals surface area contributed by atoms with Crippen molar-refractivity contribution in [2.24, 2.45) is 5.92 Å². The first-order valence-corrected chi connectivity index (χ1v) is 10.2. The van der Waals surface area contributed by atoms with Crippen LogP contribution in [0.2, 0.25) is 0 Å². The highest BCUT2D eigenvalue weighted by Gasteiger charge is 2.31. The normalized spacial score (nSPS) is 18.3. The Bertz CT molecular complexity index is 953. The quantitative estimate of drug-likeness (QED) is 0.866.